The van der Waals surface area contributed by atoms with E-state index < -0.39 is 0 Å². The molecular formula is C16H16N2O2. The second-order valence-electron chi connectivity index (χ2n) is 4.41. The Morgan fingerprint density at radius 3 is 2.50 bits per heavy atom. The van der Waals surface area contributed by atoms with Crippen molar-refractivity contribution in [3.63, 3.8) is 0 Å². The summed E-state index contributed by atoms with van der Waals surface area (Å²) in [6.45, 7) is 1.90. The van der Waals surface area contributed by atoms with Crippen molar-refractivity contribution in [1.82, 2.24) is 0 Å². The quantitative estimate of drug-likeness (QED) is 0.923. The summed E-state index contributed by atoms with van der Waals surface area (Å²) in [4.78, 5) is 0. The van der Waals surface area contributed by atoms with Crippen LogP contribution in [0.3, 0.4) is 0 Å². The molecule has 1 unspecified atom stereocenters. The van der Waals surface area contributed by atoms with Gasteiger partial charge in [0.15, 0.2) is 11.5 Å². The van der Waals surface area contributed by atoms with E-state index in [0.717, 1.165) is 5.56 Å². The third-order valence-corrected chi connectivity index (χ3v) is 2.92. The lowest BCUT2D eigenvalue weighted by Crippen LogP contribution is -2.06. The minimum atomic E-state index is -0.129. The lowest BCUT2D eigenvalue weighted by molar-refractivity contribution is 0.377. The molecule has 1 atom stereocenters. The highest BCUT2D eigenvalue weighted by Gasteiger charge is 2.11. The van der Waals surface area contributed by atoms with Gasteiger partial charge in [-0.15, -0.1) is 0 Å². The number of nitrogens with two attached hydrogens (primary N) is 1. The van der Waals surface area contributed by atoms with Gasteiger partial charge in [0.25, 0.3) is 0 Å². The topological polar surface area (TPSA) is 68.3 Å². The fraction of sp³-hybridized carbons (Fsp3) is 0.188. The average Bonchev–Trinajstić information content (AvgIpc) is 2.48. The summed E-state index contributed by atoms with van der Waals surface area (Å²) >= 11 is 0. The molecule has 102 valence electrons. The molecule has 4 heteroatoms. The largest absolute Gasteiger partial charge is 0.493 e. The van der Waals surface area contributed by atoms with Crippen LogP contribution in [0, 0.1) is 11.3 Å². The van der Waals surface area contributed by atoms with Crippen LogP contribution < -0.4 is 15.2 Å². The fourth-order valence-corrected chi connectivity index (χ4v) is 1.89. The van der Waals surface area contributed by atoms with E-state index in [4.69, 9.17) is 20.5 Å². The van der Waals surface area contributed by atoms with Gasteiger partial charge in [-0.3, -0.25) is 0 Å². The van der Waals surface area contributed by atoms with E-state index in [9.17, 15) is 0 Å². The molecule has 0 saturated carbocycles. The normalized spacial score (nSPS) is 11.5. The number of benzene rings is 2. The highest BCUT2D eigenvalue weighted by Crippen LogP contribution is 2.34. The van der Waals surface area contributed by atoms with E-state index in [2.05, 4.69) is 6.07 Å². The zero-order valence-corrected chi connectivity index (χ0v) is 11.5. The van der Waals surface area contributed by atoms with Crippen LogP contribution >= 0.6 is 0 Å². The van der Waals surface area contributed by atoms with Crippen LogP contribution in [-0.4, -0.2) is 7.11 Å². The van der Waals surface area contributed by atoms with Crippen molar-refractivity contribution >= 4 is 0 Å². The molecule has 4 nitrogen and oxygen atoms in total. The number of para-hydroxylation sites is 1. The Labute approximate surface area is 118 Å². The highest BCUT2D eigenvalue weighted by atomic mass is 16.5. The van der Waals surface area contributed by atoms with E-state index in [1.807, 2.05) is 31.2 Å². The van der Waals surface area contributed by atoms with Gasteiger partial charge in [0, 0.05) is 17.7 Å². The Morgan fingerprint density at radius 1 is 1.10 bits per heavy atom. The molecule has 0 aliphatic rings. The summed E-state index contributed by atoms with van der Waals surface area (Å²) in [6.07, 6.45) is 0. The molecule has 0 fully saturated rings. The summed E-state index contributed by atoms with van der Waals surface area (Å²) in [5, 5.41) is 8.89. The van der Waals surface area contributed by atoms with Crippen LogP contribution in [0.15, 0.2) is 42.5 Å². The first-order chi connectivity index (χ1) is 9.65. The maximum Gasteiger partial charge on any atom is 0.169 e. The zero-order chi connectivity index (χ0) is 14.5. The highest BCUT2D eigenvalue weighted by molar-refractivity contribution is 5.49. The van der Waals surface area contributed by atoms with Crippen LogP contribution in [0.5, 0.6) is 17.2 Å². The fourth-order valence-electron chi connectivity index (χ4n) is 1.89. The van der Waals surface area contributed by atoms with Crippen molar-refractivity contribution in [2.75, 3.05) is 7.11 Å². The van der Waals surface area contributed by atoms with Gasteiger partial charge >= 0.3 is 0 Å². The first-order valence-corrected chi connectivity index (χ1v) is 6.26. The first kappa shape index (κ1) is 13.9. The van der Waals surface area contributed by atoms with Crippen molar-refractivity contribution in [3.8, 4) is 23.3 Å². The van der Waals surface area contributed by atoms with Gasteiger partial charge in [-0.25, -0.2) is 0 Å². The number of methoxy groups -OCH3 is 1. The van der Waals surface area contributed by atoms with Gasteiger partial charge in [0.2, 0.25) is 0 Å². The second kappa shape index (κ2) is 6.09. The van der Waals surface area contributed by atoms with Crippen molar-refractivity contribution in [2.24, 2.45) is 5.73 Å². The molecule has 2 N–H and O–H groups in total. The van der Waals surface area contributed by atoms with Crippen LogP contribution in [-0.2, 0) is 0 Å². The molecule has 2 aromatic carbocycles. The minimum absolute atomic E-state index is 0.129. The predicted molar refractivity (Wildman–Crippen MR) is 76.8 cm³/mol. The molecule has 2 rings (SSSR count). The van der Waals surface area contributed by atoms with E-state index in [-0.39, 0.29) is 6.04 Å². The van der Waals surface area contributed by atoms with Crippen molar-refractivity contribution in [1.29, 1.82) is 5.26 Å². The lowest BCUT2D eigenvalue weighted by atomic mass is 10.1. The number of hydrogen-bond acceptors (Lipinski definition) is 4. The molecular weight excluding hydrogens is 252 g/mol. The van der Waals surface area contributed by atoms with Crippen LogP contribution in [0.1, 0.15) is 24.1 Å². The van der Waals surface area contributed by atoms with Gasteiger partial charge in [-0.2, -0.15) is 5.26 Å². The minimum Gasteiger partial charge on any atom is -0.493 e. The van der Waals surface area contributed by atoms with E-state index in [1.54, 1.807) is 25.3 Å². The Kier molecular flexibility index (Phi) is 4.24. The van der Waals surface area contributed by atoms with Gasteiger partial charge < -0.3 is 15.2 Å². The summed E-state index contributed by atoms with van der Waals surface area (Å²) in [6, 6.07) is 14.6. The molecule has 20 heavy (non-hydrogen) atoms. The Bertz CT molecular complexity index is 645. The zero-order valence-electron chi connectivity index (χ0n) is 11.5. The third kappa shape index (κ3) is 2.90. The maximum atomic E-state index is 8.89. The standard InChI is InChI=1S/C16H16N2O2/c1-11(18)13-5-3-4-6-14(13)20-15-8-7-12(10-17)9-16(15)19-2/h3-9,11H,18H2,1-2H3. The smallest absolute Gasteiger partial charge is 0.169 e. The monoisotopic (exact) mass is 268 g/mol. The number of rotatable bonds is 4. The lowest BCUT2D eigenvalue weighted by Gasteiger charge is -2.15. The SMILES string of the molecule is COc1cc(C#N)ccc1Oc1ccccc1C(C)N. The summed E-state index contributed by atoms with van der Waals surface area (Å²) in [7, 11) is 1.54. The molecule has 0 bridgehead atoms. The molecule has 0 aromatic heterocycles. The molecule has 2 aromatic rings. The van der Waals surface area contributed by atoms with Gasteiger partial charge in [0.05, 0.1) is 18.7 Å². The molecule has 0 spiro atoms. The summed E-state index contributed by atoms with van der Waals surface area (Å²) < 4.78 is 11.1. The summed E-state index contributed by atoms with van der Waals surface area (Å²) in [5.41, 5.74) is 7.37. The molecule has 0 aliphatic heterocycles. The second-order valence-corrected chi connectivity index (χ2v) is 4.41. The van der Waals surface area contributed by atoms with Gasteiger partial charge in [-0.1, -0.05) is 18.2 Å². The van der Waals surface area contributed by atoms with Gasteiger partial charge in [-0.05, 0) is 25.1 Å². The van der Waals surface area contributed by atoms with E-state index >= 15 is 0 Å². The molecule has 0 radical (unpaired) electrons. The Morgan fingerprint density at radius 2 is 1.85 bits per heavy atom. The first-order valence-electron chi connectivity index (χ1n) is 6.26. The van der Waals surface area contributed by atoms with Gasteiger partial charge in [0.1, 0.15) is 5.75 Å². The summed E-state index contributed by atoms with van der Waals surface area (Å²) in [5.74, 6) is 1.76. The molecule has 0 amide bonds. The predicted octanol–water partition coefficient (Wildman–Crippen LogP) is 3.38. The molecule has 0 saturated heterocycles. The van der Waals surface area contributed by atoms with Crippen molar-refractivity contribution in [3.05, 3.63) is 53.6 Å². The Balaban J connectivity index is 2.38. The molecule has 0 heterocycles. The van der Waals surface area contributed by atoms with Crippen LogP contribution in [0.4, 0.5) is 0 Å². The van der Waals surface area contributed by atoms with Crippen LogP contribution in [0.2, 0.25) is 0 Å². The van der Waals surface area contributed by atoms with Crippen molar-refractivity contribution < 1.29 is 9.47 Å². The van der Waals surface area contributed by atoms with Crippen LogP contribution in [0.25, 0.3) is 0 Å². The van der Waals surface area contributed by atoms with Crippen molar-refractivity contribution in [2.45, 2.75) is 13.0 Å². The van der Waals surface area contributed by atoms with E-state index in [1.165, 1.54) is 0 Å². The number of ether oxygens (including phenoxy) is 2. The third-order valence-electron chi connectivity index (χ3n) is 2.92. The van der Waals surface area contributed by atoms with E-state index in [0.29, 0.717) is 22.8 Å². The maximum absolute atomic E-state index is 8.89. The Hall–Kier alpha value is -2.51. The number of nitriles is 1. The molecule has 0 aliphatic carbocycles. The number of nitrogens with zero attached hydrogens (tertiary/aromatic N) is 1. The number of hydrogen-bond donors (Lipinski definition) is 1. The average molecular weight is 268 g/mol.